The number of halogens is 2. The summed E-state index contributed by atoms with van der Waals surface area (Å²) in [6.45, 7) is 2.55. The molecule has 2 aromatic rings. The molecule has 0 aliphatic rings. The van der Waals surface area contributed by atoms with Gasteiger partial charge in [0.05, 0.1) is 16.6 Å². The van der Waals surface area contributed by atoms with Crippen LogP contribution in [0.5, 0.6) is 0 Å². The molecule has 0 radical (unpaired) electrons. The molecule has 0 saturated carbocycles. The lowest BCUT2D eigenvalue weighted by atomic mass is 10.3. The third-order valence-electron chi connectivity index (χ3n) is 3.19. The number of benzene rings is 1. The predicted octanol–water partition coefficient (Wildman–Crippen LogP) is 3.79. The van der Waals surface area contributed by atoms with Gasteiger partial charge in [0.1, 0.15) is 5.69 Å². The van der Waals surface area contributed by atoms with E-state index in [0.717, 1.165) is 12.1 Å². The van der Waals surface area contributed by atoms with Crippen LogP contribution in [0.2, 0.25) is 10.0 Å². The summed E-state index contributed by atoms with van der Waals surface area (Å²) in [7, 11) is 1.57. The smallest absolute Gasteiger partial charge is 0.273 e. The molecule has 0 unspecified atom stereocenters. The lowest BCUT2D eigenvalue weighted by molar-refractivity contribution is -0.121. The monoisotopic (exact) mass is 400 g/mol. The molecular formula is C16H18Cl2N4O2S. The fourth-order valence-electron chi connectivity index (χ4n) is 1.93. The number of carbonyl (C=O) groups excluding carboxylic acids is 2. The van der Waals surface area contributed by atoms with Crippen molar-refractivity contribution in [3.8, 4) is 0 Å². The van der Waals surface area contributed by atoms with Crippen LogP contribution in [-0.2, 0) is 4.79 Å². The highest BCUT2D eigenvalue weighted by molar-refractivity contribution is 7.14. The molecule has 134 valence electrons. The maximum atomic E-state index is 12.3. The molecule has 6 nitrogen and oxygen atoms in total. The van der Waals surface area contributed by atoms with Gasteiger partial charge in [0.25, 0.3) is 5.91 Å². The second kappa shape index (κ2) is 9.03. The number of amides is 2. The fourth-order valence-corrected chi connectivity index (χ4v) is 2.93. The van der Waals surface area contributed by atoms with Gasteiger partial charge in [-0.1, -0.05) is 30.1 Å². The first-order valence-corrected chi connectivity index (χ1v) is 9.24. The van der Waals surface area contributed by atoms with Gasteiger partial charge in [0, 0.05) is 24.7 Å². The van der Waals surface area contributed by atoms with Crippen molar-refractivity contribution in [1.82, 2.24) is 15.2 Å². The Labute approximate surface area is 160 Å². The highest BCUT2D eigenvalue weighted by Gasteiger charge is 2.18. The number of nitrogens with one attached hydrogen (secondary N) is 2. The van der Waals surface area contributed by atoms with Crippen LogP contribution in [0.15, 0.2) is 23.6 Å². The molecule has 0 aliphatic heterocycles. The second-order valence-electron chi connectivity index (χ2n) is 5.30. The molecule has 0 spiro atoms. The van der Waals surface area contributed by atoms with Gasteiger partial charge < -0.3 is 15.5 Å². The minimum Gasteiger partial charge on any atom is -0.355 e. The van der Waals surface area contributed by atoms with Crippen molar-refractivity contribution in [2.24, 2.45) is 0 Å². The van der Waals surface area contributed by atoms with Crippen LogP contribution < -0.4 is 10.6 Å². The maximum Gasteiger partial charge on any atom is 0.273 e. The molecule has 0 atom stereocenters. The zero-order valence-electron chi connectivity index (χ0n) is 13.8. The quantitative estimate of drug-likeness (QED) is 0.740. The summed E-state index contributed by atoms with van der Waals surface area (Å²) in [6, 6.07) is 5.12. The van der Waals surface area contributed by atoms with E-state index in [0.29, 0.717) is 21.7 Å². The zero-order chi connectivity index (χ0) is 18.4. The normalized spacial score (nSPS) is 10.4. The molecule has 0 fully saturated rings. The topological polar surface area (TPSA) is 74.3 Å². The zero-order valence-corrected chi connectivity index (χ0v) is 16.1. The van der Waals surface area contributed by atoms with Crippen LogP contribution in [0.3, 0.4) is 0 Å². The number of hydrogen-bond acceptors (Lipinski definition) is 5. The number of aromatic nitrogens is 1. The molecule has 9 heteroatoms. The van der Waals surface area contributed by atoms with Gasteiger partial charge in [0.15, 0.2) is 5.13 Å². The summed E-state index contributed by atoms with van der Waals surface area (Å²) in [4.78, 5) is 29.6. The van der Waals surface area contributed by atoms with Gasteiger partial charge in [0.2, 0.25) is 5.91 Å². The van der Waals surface area contributed by atoms with Gasteiger partial charge in [-0.2, -0.15) is 0 Å². The fraction of sp³-hybridized carbons (Fsp3) is 0.312. The van der Waals surface area contributed by atoms with E-state index < -0.39 is 0 Å². The van der Waals surface area contributed by atoms with Crippen molar-refractivity contribution < 1.29 is 9.59 Å². The predicted molar refractivity (Wildman–Crippen MR) is 102 cm³/mol. The van der Waals surface area contributed by atoms with E-state index in [9.17, 15) is 9.59 Å². The van der Waals surface area contributed by atoms with Gasteiger partial charge in [-0.15, -0.1) is 11.3 Å². The molecule has 2 N–H and O–H groups in total. The Morgan fingerprint density at radius 2 is 2.04 bits per heavy atom. The number of likely N-dealkylation sites (N-methyl/N-ethyl adjacent to an activating group) is 1. The van der Waals surface area contributed by atoms with Crippen LogP contribution in [0.1, 0.15) is 23.8 Å². The van der Waals surface area contributed by atoms with Gasteiger partial charge in [-0.25, -0.2) is 4.98 Å². The minimum absolute atomic E-state index is 0.00802. The molecular weight excluding hydrogens is 383 g/mol. The third-order valence-corrected chi connectivity index (χ3v) is 4.69. The minimum atomic E-state index is -0.315. The highest BCUT2D eigenvalue weighted by atomic mass is 35.5. The van der Waals surface area contributed by atoms with Crippen LogP contribution in [0.25, 0.3) is 0 Å². The Morgan fingerprint density at radius 3 is 2.72 bits per heavy atom. The first-order valence-electron chi connectivity index (χ1n) is 7.60. The second-order valence-corrected chi connectivity index (χ2v) is 6.98. The Bertz CT molecular complexity index is 766. The first kappa shape index (κ1) is 19.5. The van der Waals surface area contributed by atoms with Crippen molar-refractivity contribution in [2.45, 2.75) is 13.3 Å². The summed E-state index contributed by atoms with van der Waals surface area (Å²) in [5.41, 5.74) is 0.994. The maximum absolute atomic E-state index is 12.3. The third kappa shape index (κ3) is 5.59. The van der Waals surface area contributed by atoms with Crippen molar-refractivity contribution in [1.29, 1.82) is 0 Å². The van der Waals surface area contributed by atoms with E-state index in [1.807, 2.05) is 6.92 Å². The van der Waals surface area contributed by atoms with E-state index >= 15 is 0 Å². The van der Waals surface area contributed by atoms with Gasteiger partial charge in [-0.3, -0.25) is 9.59 Å². The van der Waals surface area contributed by atoms with E-state index in [-0.39, 0.29) is 24.1 Å². The van der Waals surface area contributed by atoms with E-state index in [2.05, 4.69) is 15.6 Å². The highest BCUT2D eigenvalue weighted by Crippen LogP contribution is 2.28. The summed E-state index contributed by atoms with van der Waals surface area (Å²) in [5, 5.41) is 8.88. The Balaban J connectivity index is 1.98. The van der Waals surface area contributed by atoms with Crippen LogP contribution >= 0.6 is 34.5 Å². The Kier molecular flexibility index (Phi) is 7.04. The number of carbonyl (C=O) groups is 2. The van der Waals surface area contributed by atoms with Crippen molar-refractivity contribution in [2.75, 3.05) is 25.5 Å². The van der Waals surface area contributed by atoms with Crippen molar-refractivity contribution >= 4 is 57.2 Å². The lowest BCUT2D eigenvalue weighted by Gasteiger charge is -2.15. The van der Waals surface area contributed by atoms with E-state index in [4.69, 9.17) is 23.2 Å². The molecule has 2 rings (SSSR count). The largest absolute Gasteiger partial charge is 0.355 e. The van der Waals surface area contributed by atoms with Crippen molar-refractivity contribution in [3.05, 3.63) is 39.3 Å². The van der Waals surface area contributed by atoms with E-state index in [1.54, 1.807) is 30.6 Å². The SMILES string of the molecule is CCCNC(=O)CN(C)C(=O)c1csc(Nc2ccc(Cl)c(Cl)c2)n1. The Hall–Kier alpha value is -1.83. The van der Waals surface area contributed by atoms with E-state index in [1.165, 1.54) is 16.2 Å². The average Bonchev–Trinajstić information content (AvgIpc) is 3.04. The molecule has 1 aromatic heterocycles. The number of anilines is 2. The summed E-state index contributed by atoms with van der Waals surface area (Å²) < 4.78 is 0. The van der Waals surface area contributed by atoms with Crippen molar-refractivity contribution in [3.63, 3.8) is 0 Å². The Morgan fingerprint density at radius 1 is 1.28 bits per heavy atom. The molecule has 25 heavy (non-hydrogen) atoms. The molecule has 0 saturated heterocycles. The number of rotatable bonds is 7. The first-order chi connectivity index (χ1) is 11.9. The summed E-state index contributed by atoms with van der Waals surface area (Å²) in [5.74, 6) is -0.507. The lowest BCUT2D eigenvalue weighted by Crippen LogP contribution is -2.38. The number of thiazole rings is 1. The molecule has 1 aromatic carbocycles. The summed E-state index contributed by atoms with van der Waals surface area (Å²) in [6.07, 6.45) is 0.846. The van der Waals surface area contributed by atoms with Gasteiger partial charge >= 0.3 is 0 Å². The molecule has 2 amide bonds. The average molecular weight is 401 g/mol. The number of hydrogen-bond donors (Lipinski definition) is 2. The summed E-state index contributed by atoms with van der Waals surface area (Å²) >= 11 is 13.1. The van der Waals surface area contributed by atoms with Crippen LogP contribution in [0.4, 0.5) is 10.8 Å². The van der Waals surface area contributed by atoms with Gasteiger partial charge in [-0.05, 0) is 24.6 Å². The van der Waals surface area contributed by atoms with Crippen LogP contribution in [-0.4, -0.2) is 41.8 Å². The number of nitrogens with zero attached hydrogens (tertiary/aromatic N) is 2. The molecule has 0 bridgehead atoms. The standard InChI is InChI=1S/C16H18Cl2N4O2S/c1-3-6-19-14(23)8-22(2)15(24)13-9-25-16(21-13)20-10-4-5-11(17)12(18)7-10/h4-5,7,9H,3,6,8H2,1-2H3,(H,19,23)(H,20,21). The van der Waals surface area contributed by atoms with Crippen LogP contribution in [0, 0.1) is 0 Å². The molecule has 0 aliphatic carbocycles. The molecule has 1 heterocycles.